The van der Waals surface area contributed by atoms with Gasteiger partial charge in [0.05, 0.1) is 7.11 Å². The molecule has 4 heteroatoms. The van der Waals surface area contributed by atoms with Crippen molar-refractivity contribution in [3.05, 3.63) is 40.4 Å². The molecule has 0 aliphatic rings. The Morgan fingerprint density at radius 2 is 2.12 bits per heavy atom. The average molecular weight is 247 g/mol. The van der Waals surface area contributed by atoms with E-state index in [0.29, 0.717) is 5.69 Å². The summed E-state index contributed by atoms with van der Waals surface area (Å²) in [6.07, 6.45) is 0. The van der Waals surface area contributed by atoms with E-state index >= 15 is 0 Å². The summed E-state index contributed by atoms with van der Waals surface area (Å²) >= 11 is 1.46. The Hall–Kier alpha value is -1.68. The van der Waals surface area contributed by atoms with Crippen molar-refractivity contribution in [2.75, 3.05) is 7.11 Å². The molecule has 0 unspecified atom stereocenters. The lowest BCUT2D eigenvalue weighted by molar-refractivity contribution is 0.0595. The van der Waals surface area contributed by atoms with E-state index in [4.69, 9.17) is 0 Å². The first-order valence-electron chi connectivity index (χ1n) is 5.23. The van der Waals surface area contributed by atoms with Crippen LogP contribution < -0.4 is 0 Å². The zero-order valence-corrected chi connectivity index (χ0v) is 10.8. The average Bonchev–Trinajstić information content (AvgIpc) is 2.80. The van der Waals surface area contributed by atoms with Gasteiger partial charge >= 0.3 is 5.97 Å². The van der Waals surface area contributed by atoms with Gasteiger partial charge in [-0.25, -0.2) is 9.78 Å². The highest BCUT2D eigenvalue weighted by molar-refractivity contribution is 7.13. The molecule has 0 N–H and O–H groups in total. The number of aromatic nitrogens is 1. The normalized spacial score (nSPS) is 10.3. The lowest BCUT2D eigenvalue weighted by Crippen LogP contribution is -2.01. The summed E-state index contributed by atoms with van der Waals surface area (Å²) in [5, 5.41) is 2.58. The number of thiazole rings is 1. The van der Waals surface area contributed by atoms with Crippen molar-refractivity contribution in [2.45, 2.75) is 13.8 Å². The fourth-order valence-electron chi connectivity index (χ4n) is 1.56. The van der Waals surface area contributed by atoms with Crippen molar-refractivity contribution in [1.82, 2.24) is 4.98 Å². The maximum atomic E-state index is 11.3. The molecule has 88 valence electrons. The van der Waals surface area contributed by atoms with Crippen molar-refractivity contribution < 1.29 is 9.53 Å². The minimum Gasteiger partial charge on any atom is -0.464 e. The van der Waals surface area contributed by atoms with Crippen LogP contribution in [0.5, 0.6) is 0 Å². The monoisotopic (exact) mass is 247 g/mol. The second kappa shape index (κ2) is 4.67. The molecule has 0 fully saturated rings. The highest BCUT2D eigenvalue weighted by atomic mass is 32.1. The SMILES string of the molecule is COC(=O)c1csc(-c2cc(C)ccc2C)n1. The molecular formula is C13H13NO2S. The summed E-state index contributed by atoms with van der Waals surface area (Å²) < 4.78 is 4.64. The molecule has 0 saturated carbocycles. The number of carbonyl (C=O) groups excluding carboxylic acids is 1. The number of rotatable bonds is 2. The van der Waals surface area contributed by atoms with Crippen LogP contribution in [-0.2, 0) is 4.74 Å². The Bertz CT molecular complexity index is 560. The molecule has 0 atom stereocenters. The predicted molar refractivity (Wildman–Crippen MR) is 68.4 cm³/mol. The topological polar surface area (TPSA) is 39.2 Å². The summed E-state index contributed by atoms with van der Waals surface area (Å²) in [6.45, 7) is 4.08. The lowest BCUT2D eigenvalue weighted by Gasteiger charge is -2.03. The first kappa shape index (κ1) is 11.8. The van der Waals surface area contributed by atoms with E-state index in [0.717, 1.165) is 16.1 Å². The minimum atomic E-state index is -0.391. The summed E-state index contributed by atoms with van der Waals surface area (Å²) in [5.41, 5.74) is 3.78. The van der Waals surface area contributed by atoms with Gasteiger partial charge in [0, 0.05) is 10.9 Å². The molecule has 17 heavy (non-hydrogen) atoms. The van der Waals surface area contributed by atoms with E-state index in [1.54, 1.807) is 5.38 Å². The van der Waals surface area contributed by atoms with Gasteiger partial charge in [0.25, 0.3) is 0 Å². The molecule has 0 aliphatic heterocycles. The van der Waals surface area contributed by atoms with Gasteiger partial charge in [-0.1, -0.05) is 17.7 Å². The Balaban J connectivity index is 2.43. The molecule has 0 spiro atoms. The van der Waals surface area contributed by atoms with Crippen LogP contribution in [0.1, 0.15) is 21.6 Å². The van der Waals surface area contributed by atoms with Crippen molar-refractivity contribution in [2.24, 2.45) is 0 Å². The van der Waals surface area contributed by atoms with Crippen LogP contribution in [0.2, 0.25) is 0 Å². The molecule has 0 aliphatic carbocycles. The zero-order valence-electron chi connectivity index (χ0n) is 9.98. The van der Waals surface area contributed by atoms with E-state index in [1.807, 2.05) is 13.8 Å². The van der Waals surface area contributed by atoms with Gasteiger partial charge in [0.15, 0.2) is 5.69 Å². The molecule has 1 heterocycles. The van der Waals surface area contributed by atoms with Crippen LogP contribution in [0.15, 0.2) is 23.6 Å². The fraction of sp³-hybridized carbons (Fsp3) is 0.231. The number of benzene rings is 1. The van der Waals surface area contributed by atoms with Gasteiger partial charge in [-0.05, 0) is 25.5 Å². The molecule has 2 rings (SSSR count). The number of hydrogen-bond acceptors (Lipinski definition) is 4. The lowest BCUT2D eigenvalue weighted by atomic mass is 10.1. The molecule has 0 bridgehead atoms. The van der Waals surface area contributed by atoms with E-state index in [9.17, 15) is 4.79 Å². The maximum Gasteiger partial charge on any atom is 0.357 e. The highest BCUT2D eigenvalue weighted by Gasteiger charge is 2.13. The van der Waals surface area contributed by atoms with E-state index in [-0.39, 0.29) is 0 Å². The quantitative estimate of drug-likeness (QED) is 0.765. The van der Waals surface area contributed by atoms with Crippen LogP contribution in [-0.4, -0.2) is 18.1 Å². The summed E-state index contributed by atoms with van der Waals surface area (Å²) in [4.78, 5) is 15.6. The molecule has 0 saturated heterocycles. The molecule has 0 amide bonds. The van der Waals surface area contributed by atoms with E-state index < -0.39 is 5.97 Å². The number of esters is 1. The molecule has 2 aromatic rings. The zero-order chi connectivity index (χ0) is 12.4. The number of hydrogen-bond donors (Lipinski definition) is 0. The Kier molecular flexibility index (Phi) is 3.24. The third-order valence-electron chi connectivity index (χ3n) is 2.52. The number of carbonyl (C=O) groups is 1. The third-order valence-corrected chi connectivity index (χ3v) is 3.40. The predicted octanol–water partition coefficient (Wildman–Crippen LogP) is 3.21. The first-order valence-corrected chi connectivity index (χ1v) is 6.11. The second-order valence-electron chi connectivity index (χ2n) is 3.85. The summed E-state index contributed by atoms with van der Waals surface area (Å²) in [6, 6.07) is 6.20. The second-order valence-corrected chi connectivity index (χ2v) is 4.71. The number of aryl methyl sites for hydroxylation is 2. The molecule has 1 aromatic carbocycles. The Morgan fingerprint density at radius 1 is 1.35 bits per heavy atom. The number of nitrogens with zero attached hydrogens (tertiary/aromatic N) is 1. The number of ether oxygens (including phenoxy) is 1. The fourth-order valence-corrected chi connectivity index (χ4v) is 2.43. The Morgan fingerprint density at radius 3 is 2.82 bits per heavy atom. The van der Waals surface area contributed by atoms with Crippen molar-refractivity contribution in [3.63, 3.8) is 0 Å². The van der Waals surface area contributed by atoms with Crippen LogP contribution >= 0.6 is 11.3 Å². The molecule has 3 nitrogen and oxygen atoms in total. The molecule has 0 radical (unpaired) electrons. The van der Waals surface area contributed by atoms with Crippen LogP contribution in [0.25, 0.3) is 10.6 Å². The maximum absolute atomic E-state index is 11.3. The summed E-state index contributed by atoms with van der Waals surface area (Å²) in [5.74, 6) is -0.391. The Labute approximate surface area is 104 Å². The largest absolute Gasteiger partial charge is 0.464 e. The molecule has 1 aromatic heterocycles. The number of methoxy groups -OCH3 is 1. The van der Waals surface area contributed by atoms with Crippen molar-refractivity contribution in [3.8, 4) is 10.6 Å². The third kappa shape index (κ3) is 2.36. The first-order chi connectivity index (χ1) is 8.11. The van der Waals surface area contributed by atoms with Crippen molar-refractivity contribution >= 4 is 17.3 Å². The van der Waals surface area contributed by atoms with Gasteiger partial charge in [0.1, 0.15) is 5.01 Å². The smallest absolute Gasteiger partial charge is 0.357 e. The minimum absolute atomic E-state index is 0.369. The van der Waals surface area contributed by atoms with Gasteiger partial charge in [-0.2, -0.15) is 0 Å². The van der Waals surface area contributed by atoms with Crippen molar-refractivity contribution in [1.29, 1.82) is 0 Å². The van der Waals surface area contributed by atoms with Crippen LogP contribution in [0.3, 0.4) is 0 Å². The van der Waals surface area contributed by atoms with Crippen LogP contribution in [0, 0.1) is 13.8 Å². The van der Waals surface area contributed by atoms with Gasteiger partial charge in [-0.15, -0.1) is 11.3 Å². The standard InChI is InChI=1S/C13H13NO2S/c1-8-4-5-9(2)10(6-8)12-14-11(7-17-12)13(15)16-3/h4-7H,1-3H3. The molecular weight excluding hydrogens is 234 g/mol. The van der Waals surface area contributed by atoms with E-state index in [2.05, 4.69) is 27.9 Å². The van der Waals surface area contributed by atoms with Gasteiger partial charge < -0.3 is 4.74 Å². The van der Waals surface area contributed by atoms with Crippen LogP contribution in [0.4, 0.5) is 0 Å². The summed E-state index contributed by atoms with van der Waals surface area (Å²) in [7, 11) is 1.36. The highest BCUT2D eigenvalue weighted by Crippen LogP contribution is 2.27. The van der Waals surface area contributed by atoms with Gasteiger partial charge in [-0.3, -0.25) is 0 Å². The van der Waals surface area contributed by atoms with E-state index in [1.165, 1.54) is 24.0 Å². The van der Waals surface area contributed by atoms with Gasteiger partial charge in [0.2, 0.25) is 0 Å².